The van der Waals surface area contributed by atoms with Crippen molar-refractivity contribution in [2.75, 3.05) is 32.1 Å². The van der Waals surface area contributed by atoms with Gasteiger partial charge in [0.25, 0.3) is 0 Å². The van der Waals surface area contributed by atoms with Crippen LogP contribution in [0, 0.1) is 5.82 Å². The van der Waals surface area contributed by atoms with Gasteiger partial charge in [-0.1, -0.05) is 13.0 Å². The van der Waals surface area contributed by atoms with Crippen molar-refractivity contribution in [1.29, 1.82) is 0 Å². The molecular weight excluding hydrogens is 363 g/mol. The summed E-state index contributed by atoms with van der Waals surface area (Å²) in [5, 5.41) is 2.79. The van der Waals surface area contributed by atoms with Crippen LogP contribution in [-0.4, -0.2) is 43.6 Å². The molecule has 28 heavy (non-hydrogen) atoms. The van der Waals surface area contributed by atoms with E-state index in [1.54, 1.807) is 43.3 Å². The molecule has 0 atom stereocenters. The molecule has 1 amide bonds. The number of likely N-dealkylation sites (N-methyl/N-ethyl adjacent to an activating group) is 1. The molecule has 0 aliphatic heterocycles. The second-order valence-corrected chi connectivity index (χ2v) is 6.12. The molecule has 2 rings (SSSR count). The van der Waals surface area contributed by atoms with Gasteiger partial charge in [0.1, 0.15) is 0 Å². The van der Waals surface area contributed by atoms with Gasteiger partial charge in [0.15, 0.2) is 11.6 Å². The van der Waals surface area contributed by atoms with E-state index in [0.717, 1.165) is 5.56 Å². The maximum Gasteiger partial charge on any atom is 0.338 e. The first-order valence-electron chi connectivity index (χ1n) is 9.08. The van der Waals surface area contributed by atoms with Crippen LogP contribution in [0.25, 0.3) is 0 Å². The predicted molar refractivity (Wildman–Crippen MR) is 105 cm³/mol. The van der Waals surface area contributed by atoms with Crippen LogP contribution in [0.4, 0.5) is 10.1 Å². The lowest BCUT2D eigenvalue weighted by Crippen LogP contribution is -2.32. The van der Waals surface area contributed by atoms with Crippen LogP contribution in [0.2, 0.25) is 0 Å². The summed E-state index contributed by atoms with van der Waals surface area (Å²) in [4.78, 5) is 25.9. The minimum atomic E-state index is -0.429. The van der Waals surface area contributed by atoms with Crippen molar-refractivity contribution in [3.8, 4) is 5.75 Å². The minimum Gasteiger partial charge on any atom is -0.494 e. The summed E-state index contributed by atoms with van der Waals surface area (Å²) in [6.07, 6.45) is 0. The number of hydrogen-bond donors (Lipinski definition) is 1. The lowest BCUT2D eigenvalue weighted by Gasteiger charge is -2.20. The number of rotatable bonds is 9. The van der Waals surface area contributed by atoms with Gasteiger partial charge >= 0.3 is 5.97 Å². The molecule has 0 fully saturated rings. The lowest BCUT2D eigenvalue weighted by molar-refractivity contribution is -0.117. The Hall–Kier alpha value is -2.93. The number of ether oxygens (including phenoxy) is 2. The number of carbonyl (C=O) groups is 2. The third-order valence-electron chi connectivity index (χ3n) is 4.12. The molecule has 0 aromatic heterocycles. The second kappa shape index (κ2) is 10.4. The molecule has 0 saturated carbocycles. The van der Waals surface area contributed by atoms with Gasteiger partial charge in [-0.3, -0.25) is 9.69 Å². The summed E-state index contributed by atoms with van der Waals surface area (Å²) < 4.78 is 23.7. The monoisotopic (exact) mass is 388 g/mol. The summed E-state index contributed by atoms with van der Waals surface area (Å²) in [6, 6.07) is 11.3. The molecule has 0 aliphatic carbocycles. The number of carbonyl (C=O) groups excluding carboxylic acids is 2. The van der Waals surface area contributed by atoms with Gasteiger partial charge < -0.3 is 14.8 Å². The van der Waals surface area contributed by atoms with E-state index in [0.29, 0.717) is 30.9 Å². The zero-order valence-corrected chi connectivity index (χ0v) is 16.3. The average Bonchev–Trinajstić information content (AvgIpc) is 2.68. The largest absolute Gasteiger partial charge is 0.494 e. The highest BCUT2D eigenvalue weighted by molar-refractivity contribution is 5.94. The van der Waals surface area contributed by atoms with E-state index in [9.17, 15) is 14.0 Å². The molecule has 0 unspecified atom stereocenters. The molecule has 2 aromatic rings. The Kier molecular flexibility index (Phi) is 7.95. The van der Waals surface area contributed by atoms with Gasteiger partial charge in [0.05, 0.1) is 25.8 Å². The number of hydrogen-bond acceptors (Lipinski definition) is 5. The minimum absolute atomic E-state index is 0.157. The zero-order valence-electron chi connectivity index (χ0n) is 16.3. The third kappa shape index (κ3) is 6.06. The highest BCUT2D eigenvalue weighted by atomic mass is 19.1. The smallest absolute Gasteiger partial charge is 0.338 e. The van der Waals surface area contributed by atoms with Crippen molar-refractivity contribution in [2.24, 2.45) is 0 Å². The van der Waals surface area contributed by atoms with Gasteiger partial charge in [-0.2, -0.15) is 0 Å². The Morgan fingerprint density at radius 2 is 1.82 bits per heavy atom. The van der Waals surface area contributed by atoms with Crippen molar-refractivity contribution in [3.63, 3.8) is 0 Å². The molecule has 2 aromatic carbocycles. The fourth-order valence-corrected chi connectivity index (χ4v) is 2.65. The van der Waals surface area contributed by atoms with Crippen LogP contribution in [0.5, 0.6) is 5.75 Å². The van der Waals surface area contributed by atoms with Gasteiger partial charge in [0, 0.05) is 12.2 Å². The molecule has 0 radical (unpaired) electrons. The molecule has 150 valence electrons. The summed E-state index contributed by atoms with van der Waals surface area (Å²) in [5.41, 5.74) is 1.77. The van der Waals surface area contributed by atoms with Crippen molar-refractivity contribution >= 4 is 17.6 Å². The molecule has 0 aliphatic rings. The molecule has 0 spiro atoms. The fraction of sp³-hybridized carbons (Fsp3) is 0.333. The Balaban J connectivity index is 1.93. The SMILES string of the molecule is CCOC(=O)c1ccc(NC(=O)CN(CC)Cc2ccc(OC)c(F)c2)cc1. The Bertz CT molecular complexity index is 809. The first-order valence-corrected chi connectivity index (χ1v) is 9.08. The average molecular weight is 388 g/mol. The number of methoxy groups -OCH3 is 1. The second-order valence-electron chi connectivity index (χ2n) is 6.12. The predicted octanol–water partition coefficient (Wildman–Crippen LogP) is 3.47. The summed E-state index contributed by atoms with van der Waals surface area (Å²) in [5.74, 6) is -0.832. The van der Waals surface area contributed by atoms with E-state index in [2.05, 4.69) is 5.32 Å². The highest BCUT2D eigenvalue weighted by Crippen LogP contribution is 2.18. The Labute approximate surface area is 164 Å². The molecule has 0 saturated heterocycles. The van der Waals surface area contributed by atoms with Crippen LogP contribution in [-0.2, 0) is 16.1 Å². The molecule has 0 heterocycles. The third-order valence-corrected chi connectivity index (χ3v) is 4.12. The highest BCUT2D eigenvalue weighted by Gasteiger charge is 2.12. The van der Waals surface area contributed by atoms with Crippen molar-refractivity contribution < 1.29 is 23.5 Å². The van der Waals surface area contributed by atoms with Crippen LogP contribution < -0.4 is 10.1 Å². The molecular formula is C21H25FN2O4. The normalized spacial score (nSPS) is 10.6. The molecule has 7 heteroatoms. The van der Waals surface area contributed by atoms with Crippen molar-refractivity contribution in [2.45, 2.75) is 20.4 Å². The molecule has 6 nitrogen and oxygen atoms in total. The van der Waals surface area contributed by atoms with E-state index in [1.165, 1.54) is 13.2 Å². The van der Waals surface area contributed by atoms with Crippen molar-refractivity contribution in [3.05, 3.63) is 59.4 Å². The molecule has 1 N–H and O–H groups in total. The standard InChI is InChI=1S/C21H25FN2O4/c1-4-24(13-15-6-11-19(27-3)18(22)12-15)14-20(25)23-17-9-7-16(8-10-17)21(26)28-5-2/h6-12H,4-5,13-14H2,1-3H3,(H,23,25). The van der Waals surface area contributed by atoms with E-state index in [4.69, 9.17) is 9.47 Å². The summed E-state index contributed by atoms with van der Waals surface area (Å²) in [6.45, 7) is 5.20. The number of nitrogens with zero attached hydrogens (tertiary/aromatic N) is 1. The van der Waals surface area contributed by atoms with Crippen LogP contribution >= 0.6 is 0 Å². The van der Waals surface area contributed by atoms with Gasteiger partial charge in [-0.05, 0) is 55.4 Å². The molecule has 0 bridgehead atoms. The van der Waals surface area contributed by atoms with Crippen LogP contribution in [0.3, 0.4) is 0 Å². The first-order chi connectivity index (χ1) is 13.5. The quantitative estimate of drug-likeness (QED) is 0.666. The van der Waals surface area contributed by atoms with E-state index >= 15 is 0 Å². The number of nitrogens with one attached hydrogen (secondary N) is 1. The Morgan fingerprint density at radius 3 is 2.39 bits per heavy atom. The topological polar surface area (TPSA) is 67.9 Å². The zero-order chi connectivity index (χ0) is 20.5. The number of benzene rings is 2. The van der Waals surface area contributed by atoms with Gasteiger partial charge in [-0.15, -0.1) is 0 Å². The number of anilines is 1. The van der Waals surface area contributed by atoms with E-state index < -0.39 is 11.8 Å². The van der Waals surface area contributed by atoms with Crippen molar-refractivity contribution in [1.82, 2.24) is 4.90 Å². The van der Waals surface area contributed by atoms with Crippen LogP contribution in [0.15, 0.2) is 42.5 Å². The van der Waals surface area contributed by atoms with Crippen LogP contribution in [0.1, 0.15) is 29.8 Å². The Morgan fingerprint density at radius 1 is 1.11 bits per heavy atom. The first kappa shape index (κ1) is 21.4. The van der Waals surface area contributed by atoms with Gasteiger partial charge in [0.2, 0.25) is 5.91 Å². The number of halogens is 1. The van der Waals surface area contributed by atoms with Gasteiger partial charge in [-0.25, -0.2) is 9.18 Å². The van der Waals surface area contributed by atoms with E-state index in [-0.39, 0.29) is 18.2 Å². The maximum atomic E-state index is 13.8. The number of esters is 1. The summed E-state index contributed by atoms with van der Waals surface area (Å²) >= 11 is 0. The van der Waals surface area contributed by atoms with E-state index in [1.807, 2.05) is 11.8 Å². The summed E-state index contributed by atoms with van der Waals surface area (Å²) in [7, 11) is 1.42. The maximum absolute atomic E-state index is 13.8. The number of amides is 1. The lowest BCUT2D eigenvalue weighted by atomic mass is 10.2. The fourth-order valence-electron chi connectivity index (χ4n) is 2.65.